The van der Waals surface area contributed by atoms with E-state index in [0.717, 1.165) is 40.5 Å². The molecular weight excluding hydrogens is 380 g/mol. The van der Waals surface area contributed by atoms with E-state index in [4.69, 9.17) is 5.10 Å². The van der Waals surface area contributed by atoms with E-state index < -0.39 is 0 Å². The molecule has 6 heteroatoms. The number of hydrogen-bond acceptors (Lipinski definition) is 4. The van der Waals surface area contributed by atoms with Gasteiger partial charge in [-0.1, -0.05) is 38.1 Å². The van der Waals surface area contributed by atoms with Crippen molar-refractivity contribution in [2.75, 3.05) is 19.0 Å². The van der Waals surface area contributed by atoms with E-state index in [1.165, 1.54) is 11.3 Å². The number of aryl methyl sites for hydroxylation is 1. The highest BCUT2D eigenvalue weighted by atomic mass is 32.1. The molecule has 0 saturated carbocycles. The first kappa shape index (κ1) is 21.1. The summed E-state index contributed by atoms with van der Waals surface area (Å²) in [6.07, 6.45) is 1.72. The molecule has 0 N–H and O–H groups in total. The summed E-state index contributed by atoms with van der Waals surface area (Å²) in [4.78, 5) is 18.1. The summed E-state index contributed by atoms with van der Waals surface area (Å²) in [6, 6.07) is 14.2. The van der Waals surface area contributed by atoms with Gasteiger partial charge in [-0.25, -0.2) is 4.68 Å². The number of nitrogens with zero attached hydrogens (tertiary/aromatic N) is 4. The zero-order chi connectivity index (χ0) is 21.0. The van der Waals surface area contributed by atoms with Crippen molar-refractivity contribution in [3.8, 4) is 5.69 Å². The van der Waals surface area contributed by atoms with Gasteiger partial charge in [0.15, 0.2) is 0 Å². The van der Waals surface area contributed by atoms with Crippen molar-refractivity contribution in [3.05, 3.63) is 64.0 Å². The van der Waals surface area contributed by atoms with E-state index in [1.54, 1.807) is 0 Å². The van der Waals surface area contributed by atoms with Crippen molar-refractivity contribution >= 4 is 23.1 Å². The topological polar surface area (TPSA) is 41.4 Å². The Bertz CT molecular complexity index is 931. The number of carbonyl (C=O) groups excluding carboxylic acids is 1. The Morgan fingerprint density at radius 2 is 1.86 bits per heavy atom. The first-order valence-electron chi connectivity index (χ1n) is 10.2. The molecule has 0 bridgehead atoms. The molecule has 3 rings (SSSR count). The molecule has 5 nitrogen and oxygen atoms in total. The maximum Gasteiger partial charge on any atom is 0.264 e. The molecule has 2 aromatic heterocycles. The largest absolute Gasteiger partial charge is 0.362 e. The van der Waals surface area contributed by atoms with Crippen LogP contribution in [0.3, 0.4) is 0 Å². The molecule has 0 aliphatic heterocycles. The van der Waals surface area contributed by atoms with Gasteiger partial charge >= 0.3 is 0 Å². The second kappa shape index (κ2) is 9.27. The van der Waals surface area contributed by atoms with Crippen LogP contribution >= 0.6 is 11.3 Å². The van der Waals surface area contributed by atoms with Gasteiger partial charge < -0.3 is 9.80 Å². The lowest BCUT2D eigenvalue weighted by molar-refractivity contribution is 0.0676. The van der Waals surface area contributed by atoms with Crippen molar-refractivity contribution in [2.24, 2.45) is 0 Å². The van der Waals surface area contributed by atoms with Gasteiger partial charge in [-0.05, 0) is 43.3 Å². The Labute approximate surface area is 177 Å². The van der Waals surface area contributed by atoms with E-state index in [0.29, 0.717) is 6.54 Å². The molecule has 154 valence electrons. The van der Waals surface area contributed by atoms with Gasteiger partial charge in [0.05, 0.1) is 22.8 Å². The molecular formula is C23H30N4OS. The molecule has 0 aliphatic rings. The average Bonchev–Trinajstić information content (AvgIpc) is 3.39. The van der Waals surface area contributed by atoms with Crippen LogP contribution in [0, 0.1) is 0 Å². The van der Waals surface area contributed by atoms with Crippen LogP contribution in [0.25, 0.3) is 5.69 Å². The molecule has 29 heavy (non-hydrogen) atoms. The van der Waals surface area contributed by atoms with Crippen LogP contribution in [-0.2, 0) is 13.0 Å². The third-order valence-corrected chi connectivity index (χ3v) is 6.10. The fourth-order valence-corrected chi connectivity index (χ4v) is 4.18. The Morgan fingerprint density at radius 1 is 1.14 bits per heavy atom. The fraction of sp³-hybridized carbons (Fsp3) is 0.391. The lowest BCUT2D eigenvalue weighted by atomic mass is 10.1. The summed E-state index contributed by atoms with van der Waals surface area (Å²) >= 11 is 1.50. The molecule has 2 heterocycles. The van der Waals surface area contributed by atoms with E-state index in [1.807, 2.05) is 59.4 Å². The van der Waals surface area contributed by atoms with Gasteiger partial charge in [0.1, 0.15) is 5.82 Å². The predicted molar refractivity (Wildman–Crippen MR) is 121 cm³/mol. The molecule has 0 radical (unpaired) electrons. The van der Waals surface area contributed by atoms with Crippen LogP contribution < -0.4 is 4.90 Å². The fourth-order valence-electron chi connectivity index (χ4n) is 3.50. The average molecular weight is 411 g/mol. The van der Waals surface area contributed by atoms with Crippen molar-refractivity contribution in [1.82, 2.24) is 14.7 Å². The molecule has 0 aliphatic carbocycles. The molecule has 1 amide bonds. The molecule has 0 spiro atoms. The minimum atomic E-state index is 0.0913. The smallest absolute Gasteiger partial charge is 0.264 e. The second-order valence-electron chi connectivity index (χ2n) is 7.41. The highest BCUT2D eigenvalue weighted by Gasteiger charge is 2.27. The van der Waals surface area contributed by atoms with Crippen molar-refractivity contribution in [3.63, 3.8) is 0 Å². The number of para-hydroxylation sites is 1. The minimum absolute atomic E-state index is 0.0913. The lowest BCUT2D eigenvalue weighted by Gasteiger charge is -2.29. The van der Waals surface area contributed by atoms with Crippen LogP contribution in [0.4, 0.5) is 5.82 Å². The van der Waals surface area contributed by atoms with Gasteiger partial charge in [-0.2, -0.15) is 5.10 Å². The quantitative estimate of drug-likeness (QED) is 0.525. The maximum atomic E-state index is 13.3. The summed E-state index contributed by atoms with van der Waals surface area (Å²) in [5, 5.41) is 6.88. The van der Waals surface area contributed by atoms with E-state index in [9.17, 15) is 4.79 Å². The predicted octanol–water partition coefficient (Wildman–Crippen LogP) is 5.00. The lowest BCUT2D eigenvalue weighted by Crippen LogP contribution is -2.38. The van der Waals surface area contributed by atoms with Crippen LogP contribution in [0.5, 0.6) is 0 Å². The van der Waals surface area contributed by atoms with Gasteiger partial charge in [-0.3, -0.25) is 4.79 Å². The molecule has 3 aromatic rings. The molecule has 0 saturated heterocycles. The summed E-state index contributed by atoms with van der Waals surface area (Å²) in [7, 11) is 4.07. The molecule has 0 unspecified atom stereocenters. The normalized spacial score (nSPS) is 12.0. The van der Waals surface area contributed by atoms with Crippen molar-refractivity contribution in [2.45, 2.75) is 46.2 Å². The first-order chi connectivity index (χ1) is 14.0. The number of hydrogen-bond donors (Lipinski definition) is 0. The Balaban J connectivity index is 2.08. The summed E-state index contributed by atoms with van der Waals surface area (Å²) in [5.41, 5.74) is 3.17. The second-order valence-corrected chi connectivity index (χ2v) is 8.36. The Morgan fingerprint density at radius 3 is 2.41 bits per heavy atom. The monoisotopic (exact) mass is 410 g/mol. The van der Waals surface area contributed by atoms with Crippen molar-refractivity contribution in [1.29, 1.82) is 0 Å². The number of aromatic nitrogens is 2. The van der Waals surface area contributed by atoms with Gasteiger partial charge in [0.25, 0.3) is 5.91 Å². The highest BCUT2D eigenvalue weighted by Crippen LogP contribution is 2.30. The van der Waals surface area contributed by atoms with Crippen molar-refractivity contribution < 1.29 is 4.79 Å². The summed E-state index contributed by atoms with van der Waals surface area (Å²) in [5.74, 6) is 1.12. The summed E-state index contributed by atoms with van der Waals surface area (Å²) < 4.78 is 2.00. The Kier molecular flexibility index (Phi) is 6.75. The first-order valence-corrected chi connectivity index (χ1v) is 11.0. The molecule has 0 fully saturated rings. The van der Waals surface area contributed by atoms with Crippen LogP contribution in [0.1, 0.15) is 48.1 Å². The number of rotatable bonds is 8. The molecule has 1 atom stereocenters. The SMILES string of the molecule is CCc1nn(-c2ccccc2)c(N(C)C)c1CN(C(=O)c1cccs1)[C@@H](C)CC. The van der Waals surface area contributed by atoms with Gasteiger partial charge in [0, 0.05) is 25.7 Å². The highest BCUT2D eigenvalue weighted by molar-refractivity contribution is 7.12. The number of benzene rings is 1. The third kappa shape index (κ3) is 4.37. The number of carbonyl (C=O) groups is 1. The Hall–Kier alpha value is -2.60. The van der Waals surface area contributed by atoms with E-state index >= 15 is 0 Å². The van der Waals surface area contributed by atoms with E-state index in [-0.39, 0.29) is 11.9 Å². The third-order valence-electron chi connectivity index (χ3n) is 5.24. The van der Waals surface area contributed by atoms with Crippen LogP contribution in [0.15, 0.2) is 47.8 Å². The zero-order valence-electron chi connectivity index (χ0n) is 17.9. The summed E-state index contributed by atoms with van der Waals surface area (Å²) in [6.45, 7) is 6.92. The number of anilines is 1. The van der Waals surface area contributed by atoms with Crippen LogP contribution in [0.2, 0.25) is 0 Å². The zero-order valence-corrected chi connectivity index (χ0v) is 18.7. The van der Waals surface area contributed by atoms with Gasteiger partial charge in [0.2, 0.25) is 0 Å². The maximum absolute atomic E-state index is 13.3. The standard InChI is InChI=1S/C23H30N4OS/c1-6-17(3)26(23(28)21-14-11-15-29-21)16-19-20(7-2)24-27(22(19)25(4)5)18-12-9-8-10-13-18/h8-15,17H,6-7,16H2,1-5H3/t17-/m0/s1. The van der Waals surface area contributed by atoms with E-state index in [2.05, 4.69) is 37.8 Å². The number of amides is 1. The number of thiophene rings is 1. The van der Waals surface area contributed by atoms with Crippen LogP contribution in [-0.4, -0.2) is 40.7 Å². The molecule has 1 aromatic carbocycles. The van der Waals surface area contributed by atoms with Gasteiger partial charge in [-0.15, -0.1) is 11.3 Å². The minimum Gasteiger partial charge on any atom is -0.362 e.